The van der Waals surface area contributed by atoms with E-state index in [1.807, 2.05) is 0 Å². The van der Waals surface area contributed by atoms with Crippen LogP contribution in [-0.2, 0) is 4.74 Å². The van der Waals surface area contributed by atoms with Gasteiger partial charge in [0.2, 0.25) is 5.95 Å². The molecule has 1 aromatic rings. The van der Waals surface area contributed by atoms with Crippen LogP contribution < -0.4 is 11.1 Å². The predicted octanol–water partition coefficient (Wildman–Crippen LogP) is 1.50. The maximum Gasteiger partial charge on any atom is 0.341 e. The quantitative estimate of drug-likeness (QED) is 0.727. The van der Waals surface area contributed by atoms with Gasteiger partial charge < -0.3 is 15.8 Å². The van der Waals surface area contributed by atoms with Gasteiger partial charge in [-0.1, -0.05) is 13.3 Å². The van der Waals surface area contributed by atoms with Crippen molar-refractivity contribution in [2.75, 3.05) is 18.5 Å². The highest BCUT2D eigenvalue weighted by Crippen LogP contribution is 2.10. The molecule has 6 heteroatoms. The Bertz CT molecular complexity index is 423. The zero-order valence-corrected chi connectivity index (χ0v) is 11.8. The molecule has 1 aromatic heterocycles. The molecule has 0 aliphatic carbocycles. The highest BCUT2D eigenvalue weighted by molar-refractivity contribution is 5.90. The Labute approximate surface area is 113 Å². The first-order valence-corrected chi connectivity index (χ1v) is 6.59. The molecule has 0 aromatic carbocycles. The van der Waals surface area contributed by atoms with Crippen molar-refractivity contribution < 1.29 is 9.53 Å². The minimum absolute atomic E-state index is 0.151. The number of carbonyl (C=O) groups excluding carboxylic acids is 1. The van der Waals surface area contributed by atoms with Crippen molar-refractivity contribution in [3.8, 4) is 0 Å². The van der Waals surface area contributed by atoms with Crippen molar-refractivity contribution >= 4 is 11.9 Å². The Morgan fingerprint density at radius 1 is 1.53 bits per heavy atom. The summed E-state index contributed by atoms with van der Waals surface area (Å²) in [5.41, 5.74) is 6.67. The van der Waals surface area contributed by atoms with E-state index < -0.39 is 5.97 Å². The molecule has 0 saturated heterocycles. The highest BCUT2D eigenvalue weighted by Gasteiger charge is 2.14. The number of aryl methyl sites for hydroxylation is 1. The second-order valence-corrected chi connectivity index (χ2v) is 4.28. The number of ether oxygens (including phenoxy) is 1. The molecule has 1 atom stereocenters. The van der Waals surface area contributed by atoms with Crippen LogP contribution >= 0.6 is 0 Å². The molecule has 19 heavy (non-hydrogen) atoms. The summed E-state index contributed by atoms with van der Waals surface area (Å²) >= 11 is 0. The molecular formula is C13H22N4O2. The van der Waals surface area contributed by atoms with Gasteiger partial charge in [0.25, 0.3) is 0 Å². The van der Waals surface area contributed by atoms with Gasteiger partial charge in [-0.25, -0.2) is 14.8 Å². The van der Waals surface area contributed by atoms with Crippen molar-refractivity contribution in [1.82, 2.24) is 9.97 Å². The fraction of sp³-hybridized carbons (Fsp3) is 0.615. The fourth-order valence-corrected chi connectivity index (χ4v) is 1.73. The van der Waals surface area contributed by atoms with Gasteiger partial charge in [-0.15, -0.1) is 0 Å². The lowest BCUT2D eigenvalue weighted by Gasteiger charge is -2.16. The lowest BCUT2D eigenvalue weighted by atomic mass is 10.2. The molecule has 1 heterocycles. The summed E-state index contributed by atoms with van der Waals surface area (Å²) < 4.78 is 4.93. The third-order valence-electron chi connectivity index (χ3n) is 2.73. The van der Waals surface area contributed by atoms with Crippen molar-refractivity contribution in [2.45, 2.75) is 39.7 Å². The first-order valence-electron chi connectivity index (χ1n) is 6.59. The largest absolute Gasteiger partial charge is 0.462 e. The third-order valence-corrected chi connectivity index (χ3v) is 2.73. The molecular weight excluding hydrogens is 244 g/mol. The number of hydrogen-bond donors (Lipinski definition) is 2. The van der Waals surface area contributed by atoms with Crippen molar-refractivity contribution in [3.63, 3.8) is 0 Å². The number of esters is 1. The molecule has 0 amide bonds. The van der Waals surface area contributed by atoms with Gasteiger partial charge in [-0.3, -0.25) is 0 Å². The summed E-state index contributed by atoms with van der Waals surface area (Å²) in [6.07, 6.45) is 3.48. The van der Waals surface area contributed by atoms with E-state index in [-0.39, 0.29) is 6.04 Å². The minimum atomic E-state index is -0.393. The standard InChI is InChI=1S/C13H22N4O2/c1-4-6-10(7-14)17-13-15-8-11(9(3)16-13)12(18)19-5-2/h8,10H,4-7,14H2,1-3H3,(H,15,16,17). The average Bonchev–Trinajstić information content (AvgIpc) is 2.38. The van der Waals surface area contributed by atoms with E-state index in [1.54, 1.807) is 13.8 Å². The topological polar surface area (TPSA) is 90.1 Å². The first kappa shape index (κ1) is 15.4. The zero-order chi connectivity index (χ0) is 14.3. The average molecular weight is 266 g/mol. The maximum absolute atomic E-state index is 11.6. The van der Waals surface area contributed by atoms with E-state index >= 15 is 0 Å². The molecule has 0 spiro atoms. The number of carbonyl (C=O) groups is 1. The van der Waals surface area contributed by atoms with Crippen LogP contribution in [0.1, 0.15) is 42.7 Å². The second-order valence-electron chi connectivity index (χ2n) is 4.28. The lowest BCUT2D eigenvalue weighted by molar-refractivity contribution is 0.0524. The summed E-state index contributed by atoms with van der Waals surface area (Å²) in [6, 6.07) is 0.151. The number of aromatic nitrogens is 2. The van der Waals surface area contributed by atoms with Gasteiger partial charge in [0.1, 0.15) is 0 Å². The van der Waals surface area contributed by atoms with Crippen LogP contribution in [0.3, 0.4) is 0 Å². The van der Waals surface area contributed by atoms with Crippen LogP contribution in [-0.4, -0.2) is 35.1 Å². The number of hydrogen-bond acceptors (Lipinski definition) is 6. The van der Waals surface area contributed by atoms with Crippen molar-refractivity contribution in [1.29, 1.82) is 0 Å². The number of nitrogens with two attached hydrogens (primary N) is 1. The predicted molar refractivity (Wildman–Crippen MR) is 74.1 cm³/mol. The van der Waals surface area contributed by atoms with E-state index in [0.29, 0.717) is 30.4 Å². The van der Waals surface area contributed by atoms with Crippen LogP contribution in [0.4, 0.5) is 5.95 Å². The summed E-state index contributed by atoms with van der Waals surface area (Å²) in [6.45, 7) is 6.48. The fourth-order valence-electron chi connectivity index (χ4n) is 1.73. The molecule has 0 fully saturated rings. The lowest BCUT2D eigenvalue weighted by Crippen LogP contribution is -2.29. The Morgan fingerprint density at radius 2 is 2.26 bits per heavy atom. The summed E-state index contributed by atoms with van der Waals surface area (Å²) in [7, 11) is 0. The maximum atomic E-state index is 11.6. The van der Waals surface area contributed by atoms with E-state index in [1.165, 1.54) is 6.20 Å². The van der Waals surface area contributed by atoms with Crippen molar-refractivity contribution in [2.24, 2.45) is 5.73 Å². The number of rotatable bonds is 7. The number of anilines is 1. The van der Waals surface area contributed by atoms with Crippen LogP contribution in [0.5, 0.6) is 0 Å². The van der Waals surface area contributed by atoms with Crippen LogP contribution in [0.25, 0.3) is 0 Å². The summed E-state index contributed by atoms with van der Waals surface area (Å²) in [5, 5.41) is 3.17. The van der Waals surface area contributed by atoms with Gasteiger partial charge >= 0.3 is 5.97 Å². The van der Waals surface area contributed by atoms with E-state index in [4.69, 9.17) is 10.5 Å². The van der Waals surface area contributed by atoms with Gasteiger partial charge in [0.15, 0.2) is 0 Å². The third kappa shape index (κ3) is 4.48. The second kappa shape index (κ2) is 7.68. The Hall–Kier alpha value is -1.69. The Kier molecular flexibility index (Phi) is 6.21. The van der Waals surface area contributed by atoms with Gasteiger partial charge in [0.05, 0.1) is 17.9 Å². The SMILES string of the molecule is CCCC(CN)Nc1ncc(C(=O)OCC)c(C)n1. The normalized spacial score (nSPS) is 12.0. The first-order chi connectivity index (χ1) is 9.12. The van der Waals surface area contributed by atoms with E-state index in [0.717, 1.165) is 12.8 Å². The molecule has 0 radical (unpaired) electrons. The molecule has 0 saturated carbocycles. The molecule has 1 unspecified atom stereocenters. The number of nitrogens with one attached hydrogen (secondary N) is 1. The minimum Gasteiger partial charge on any atom is -0.462 e. The van der Waals surface area contributed by atoms with E-state index in [2.05, 4.69) is 22.2 Å². The van der Waals surface area contributed by atoms with Crippen LogP contribution in [0, 0.1) is 6.92 Å². The molecule has 106 valence electrons. The smallest absolute Gasteiger partial charge is 0.341 e. The van der Waals surface area contributed by atoms with Crippen LogP contribution in [0.15, 0.2) is 6.20 Å². The van der Waals surface area contributed by atoms with Gasteiger partial charge in [0, 0.05) is 18.8 Å². The van der Waals surface area contributed by atoms with E-state index in [9.17, 15) is 4.79 Å². The summed E-state index contributed by atoms with van der Waals surface area (Å²) in [5.74, 6) is 0.102. The highest BCUT2D eigenvalue weighted by atomic mass is 16.5. The monoisotopic (exact) mass is 266 g/mol. The zero-order valence-electron chi connectivity index (χ0n) is 11.8. The van der Waals surface area contributed by atoms with Gasteiger partial charge in [-0.2, -0.15) is 0 Å². The summed E-state index contributed by atoms with van der Waals surface area (Å²) in [4.78, 5) is 20.0. The molecule has 1 rings (SSSR count). The molecule has 0 bridgehead atoms. The Balaban J connectivity index is 2.78. The van der Waals surface area contributed by atoms with Crippen LogP contribution in [0.2, 0.25) is 0 Å². The molecule has 0 aliphatic heterocycles. The molecule has 6 nitrogen and oxygen atoms in total. The van der Waals surface area contributed by atoms with Crippen molar-refractivity contribution in [3.05, 3.63) is 17.5 Å². The number of nitrogens with zero attached hydrogens (tertiary/aromatic N) is 2. The van der Waals surface area contributed by atoms with Gasteiger partial charge in [-0.05, 0) is 20.3 Å². The molecule has 3 N–H and O–H groups in total. The molecule has 0 aliphatic rings. The Morgan fingerprint density at radius 3 is 2.79 bits per heavy atom.